The summed E-state index contributed by atoms with van der Waals surface area (Å²) in [6, 6.07) is 0. The van der Waals surface area contributed by atoms with Crippen LogP contribution in [-0.4, -0.2) is 19.2 Å². The third kappa shape index (κ3) is 1.38. The van der Waals surface area contributed by atoms with Gasteiger partial charge in [-0.3, -0.25) is 0 Å². The lowest BCUT2D eigenvalue weighted by Crippen LogP contribution is -2.08. The Morgan fingerprint density at radius 3 is 2.45 bits per heavy atom. The lowest BCUT2D eigenvalue weighted by atomic mass is 10.2. The summed E-state index contributed by atoms with van der Waals surface area (Å²) in [5.41, 5.74) is 2.03. The highest BCUT2D eigenvalue weighted by Gasteiger charge is 2.08. The molecule has 0 saturated heterocycles. The molecule has 1 N–H and O–H groups in total. The van der Waals surface area contributed by atoms with Crippen LogP contribution in [0.4, 0.5) is 5.69 Å². The zero-order valence-electron chi connectivity index (χ0n) is 7.09. The molecule has 0 aliphatic carbocycles. The minimum atomic E-state index is -0.0281. The zero-order chi connectivity index (χ0) is 8.43. The van der Waals surface area contributed by atoms with E-state index in [4.69, 9.17) is 9.52 Å². The number of aliphatic hydroxyl groups is 1. The van der Waals surface area contributed by atoms with E-state index in [1.54, 1.807) is 6.26 Å². The second-order valence-corrected chi connectivity index (χ2v) is 2.72. The van der Waals surface area contributed by atoms with Gasteiger partial charge in [0, 0.05) is 19.7 Å². The van der Waals surface area contributed by atoms with Crippen LogP contribution >= 0.6 is 0 Å². The van der Waals surface area contributed by atoms with Crippen LogP contribution in [-0.2, 0) is 6.61 Å². The zero-order valence-corrected chi connectivity index (χ0v) is 7.09. The smallest absolute Gasteiger partial charge is 0.134 e. The van der Waals surface area contributed by atoms with Gasteiger partial charge in [0.25, 0.3) is 0 Å². The van der Waals surface area contributed by atoms with Gasteiger partial charge in [0.15, 0.2) is 0 Å². The fourth-order valence-corrected chi connectivity index (χ4v) is 1.04. The second-order valence-electron chi connectivity index (χ2n) is 2.72. The van der Waals surface area contributed by atoms with Gasteiger partial charge < -0.3 is 14.4 Å². The normalized spacial score (nSPS) is 10.2. The van der Waals surface area contributed by atoms with Gasteiger partial charge in [0.2, 0.25) is 0 Å². The van der Waals surface area contributed by atoms with Crippen molar-refractivity contribution in [3.8, 4) is 0 Å². The molecule has 0 unspecified atom stereocenters. The highest BCUT2D eigenvalue weighted by atomic mass is 16.4. The van der Waals surface area contributed by atoms with Crippen molar-refractivity contribution in [2.75, 3.05) is 19.0 Å². The molecule has 1 aromatic heterocycles. The Kier molecular flexibility index (Phi) is 2.19. The van der Waals surface area contributed by atoms with E-state index in [1.807, 2.05) is 25.9 Å². The van der Waals surface area contributed by atoms with Gasteiger partial charge in [0.05, 0.1) is 5.69 Å². The lowest BCUT2D eigenvalue weighted by Gasteiger charge is -2.09. The third-order valence-corrected chi connectivity index (χ3v) is 1.74. The van der Waals surface area contributed by atoms with Crippen LogP contribution in [0, 0.1) is 6.92 Å². The molecule has 0 radical (unpaired) electrons. The molecule has 0 spiro atoms. The number of anilines is 1. The minimum absolute atomic E-state index is 0.0281. The van der Waals surface area contributed by atoms with E-state index in [2.05, 4.69) is 0 Å². The predicted octanol–water partition coefficient (Wildman–Crippen LogP) is 1.15. The molecule has 0 aliphatic heterocycles. The van der Waals surface area contributed by atoms with Crippen molar-refractivity contribution in [2.24, 2.45) is 0 Å². The lowest BCUT2D eigenvalue weighted by molar-refractivity contribution is 0.246. The SMILES string of the molecule is Cc1c(N(C)C)coc1CO. The summed E-state index contributed by atoms with van der Waals surface area (Å²) >= 11 is 0. The molecule has 0 amide bonds. The van der Waals surface area contributed by atoms with Crippen LogP contribution in [0.25, 0.3) is 0 Å². The molecule has 1 aromatic rings. The van der Waals surface area contributed by atoms with Gasteiger partial charge >= 0.3 is 0 Å². The quantitative estimate of drug-likeness (QED) is 0.696. The van der Waals surface area contributed by atoms with Gasteiger partial charge in [-0.25, -0.2) is 0 Å². The van der Waals surface area contributed by atoms with Crippen molar-refractivity contribution in [1.82, 2.24) is 0 Å². The van der Waals surface area contributed by atoms with E-state index < -0.39 is 0 Å². The van der Waals surface area contributed by atoms with Crippen LogP contribution in [0.5, 0.6) is 0 Å². The van der Waals surface area contributed by atoms with E-state index in [0.717, 1.165) is 11.3 Å². The number of hydrogen-bond donors (Lipinski definition) is 1. The number of rotatable bonds is 2. The van der Waals surface area contributed by atoms with Gasteiger partial charge in [0.1, 0.15) is 18.6 Å². The molecule has 62 valence electrons. The maximum atomic E-state index is 8.80. The highest BCUT2D eigenvalue weighted by molar-refractivity contribution is 5.51. The molecule has 0 bridgehead atoms. The van der Waals surface area contributed by atoms with Gasteiger partial charge in [-0.05, 0) is 6.92 Å². The summed E-state index contributed by atoms with van der Waals surface area (Å²) in [5, 5.41) is 8.80. The third-order valence-electron chi connectivity index (χ3n) is 1.74. The van der Waals surface area contributed by atoms with E-state index in [1.165, 1.54) is 0 Å². The summed E-state index contributed by atoms with van der Waals surface area (Å²) in [6.07, 6.45) is 1.65. The molecule has 1 rings (SSSR count). The van der Waals surface area contributed by atoms with E-state index >= 15 is 0 Å². The van der Waals surface area contributed by atoms with E-state index in [0.29, 0.717) is 5.76 Å². The fourth-order valence-electron chi connectivity index (χ4n) is 1.04. The monoisotopic (exact) mass is 155 g/mol. The molecule has 3 nitrogen and oxygen atoms in total. The molecule has 1 heterocycles. The Morgan fingerprint density at radius 2 is 2.18 bits per heavy atom. The van der Waals surface area contributed by atoms with Crippen LogP contribution in [0.1, 0.15) is 11.3 Å². The number of nitrogens with zero attached hydrogens (tertiary/aromatic N) is 1. The second kappa shape index (κ2) is 2.96. The Morgan fingerprint density at radius 1 is 1.55 bits per heavy atom. The van der Waals surface area contributed by atoms with E-state index in [9.17, 15) is 0 Å². The summed E-state index contributed by atoms with van der Waals surface area (Å²) in [6.45, 7) is 1.91. The first-order chi connectivity index (χ1) is 5.16. The average Bonchev–Trinajstić information content (AvgIpc) is 2.30. The minimum Gasteiger partial charge on any atom is -0.464 e. The van der Waals surface area contributed by atoms with Crippen molar-refractivity contribution < 1.29 is 9.52 Å². The van der Waals surface area contributed by atoms with Crippen LogP contribution < -0.4 is 4.90 Å². The maximum absolute atomic E-state index is 8.80. The Hall–Kier alpha value is -0.960. The fraction of sp³-hybridized carbons (Fsp3) is 0.500. The number of hydrogen-bond acceptors (Lipinski definition) is 3. The van der Waals surface area contributed by atoms with Crippen molar-refractivity contribution >= 4 is 5.69 Å². The average molecular weight is 155 g/mol. The van der Waals surface area contributed by atoms with Crippen molar-refractivity contribution in [2.45, 2.75) is 13.5 Å². The molecule has 0 saturated carbocycles. The number of aliphatic hydroxyl groups excluding tert-OH is 1. The summed E-state index contributed by atoms with van der Waals surface area (Å²) in [7, 11) is 3.89. The molecule has 0 atom stereocenters. The first-order valence-electron chi connectivity index (χ1n) is 3.52. The summed E-state index contributed by atoms with van der Waals surface area (Å²) in [5.74, 6) is 0.647. The summed E-state index contributed by atoms with van der Waals surface area (Å²) < 4.78 is 5.11. The van der Waals surface area contributed by atoms with Crippen LogP contribution in [0.15, 0.2) is 10.7 Å². The molecular weight excluding hydrogens is 142 g/mol. The molecule has 11 heavy (non-hydrogen) atoms. The van der Waals surface area contributed by atoms with Crippen molar-refractivity contribution in [1.29, 1.82) is 0 Å². The molecule has 0 fully saturated rings. The highest BCUT2D eigenvalue weighted by Crippen LogP contribution is 2.23. The van der Waals surface area contributed by atoms with Crippen molar-refractivity contribution in [3.05, 3.63) is 17.6 Å². The molecule has 3 heteroatoms. The Bertz CT molecular complexity index is 240. The standard InChI is InChI=1S/C8H13NO2/c1-6-7(9(2)3)5-11-8(6)4-10/h5,10H,4H2,1-3H3. The summed E-state index contributed by atoms with van der Waals surface area (Å²) in [4.78, 5) is 1.96. The Balaban J connectivity index is 3.00. The van der Waals surface area contributed by atoms with Crippen LogP contribution in [0.2, 0.25) is 0 Å². The van der Waals surface area contributed by atoms with E-state index in [-0.39, 0.29) is 6.61 Å². The molecule has 0 aromatic carbocycles. The van der Waals surface area contributed by atoms with Crippen LogP contribution in [0.3, 0.4) is 0 Å². The molecule has 0 aliphatic rings. The first-order valence-corrected chi connectivity index (χ1v) is 3.52. The number of furan rings is 1. The largest absolute Gasteiger partial charge is 0.464 e. The predicted molar refractivity (Wildman–Crippen MR) is 43.7 cm³/mol. The maximum Gasteiger partial charge on any atom is 0.134 e. The first kappa shape index (κ1) is 8.14. The van der Waals surface area contributed by atoms with Crippen molar-refractivity contribution in [3.63, 3.8) is 0 Å². The topological polar surface area (TPSA) is 36.6 Å². The Labute approximate surface area is 66.2 Å². The van der Waals surface area contributed by atoms with Gasteiger partial charge in [-0.1, -0.05) is 0 Å². The van der Waals surface area contributed by atoms with Gasteiger partial charge in [-0.15, -0.1) is 0 Å². The molecular formula is C8H13NO2. The van der Waals surface area contributed by atoms with Gasteiger partial charge in [-0.2, -0.15) is 0 Å².